The molecule has 3 heteroatoms. The van der Waals surface area contributed by atoms with E-state index in [0.29, 0.717) is 0 Å². The Morgan fingerprint density at radius 3 is 2.14 bits per heavy atom. The van der Waals surface area contributed by atoms with Crippen LogP contribution >= 0.6 is 0 Å². The van der Waals surface area contributed by atoms with Crippen LogP contribution in [0.4, 0.5) is 5.69 Å². The van der Waals surface area contributed by atoms with E-state index in [9.17, 15) is 0 Å². The monoisotopic (exact) mass is 296 g/mol. The fourth-order valence-corrected chi connectivity index (χ4v) is 3.08. The van der Waals surface area contributed by atoms with Crippen molar-refractivity contribution in [3.63, 3.8) is 0 Å². The number of nitrogens with one attached hydrogen (secondary N) is 1. The Labute approximate surface area is 132 Å². The molecule has 116 valence electrons. The normalized spacial score (nSPS) is 18.0. The van der Waals surface area contributed by atoms with E-state index in [1.165, 1.54) is 5.56 Å². The number of nitrogens with zero attached hydrogens (tertiary/aromatic N) is 1. The van der Waals surface area contributed by atoms with Crippen molar-refractivity contribution < 1.29 is 4.74 Å². The number of benzene rings is 2. The van der Waals surface area contributed by atoms with Crippen molar-refractivity contribution in [1.29, 1.82) is 0 Å². The SMILES string of the molecule is COC1(Nc2ccccc2)CCN(Cc2ccccc2)CC1. The van der Waals surface area contributed by atoms with Gasteiger partial charge in [0, 0.05) is 45.3 Å². The first kappa shape index (κ1) is 15.1. The average Bonchev–Trinajstić information content (AvgIpc) is 2.59. The highest BCUT2D eigenvalue weighted by atomic mass is 16.5. The maximum absolute atomic E-state index is 5.84. The van der Waals surface area contributed by atoms with E-state index >= 15 is 0 Å². The van der Waals surface area contributed by atoms with Crippen molar-refractivity contribution in [3.8, 4) is 0 Å². The maximum atomic E-state index is 5.84. The van der Waals surface area contributed by atoms with Gasteiger partial charge < -0.3 is 10.1 Å². The lowest BCUT2D eigenvalue weighted by atomic mass is 9.99. The standard InChI is InChI=1S/C19H24N2O/c1-22-19(20-18-10-6-3-7-11-18)12-14-21(15-13-19)16-17-8-4-2-5-9-17/h2-11,20H,12-16H2,1H3. The predicted molar refractivity (Wildman–Crippen MR) is 90.8 cm³/mol. The molecule has 0 saturated carbocycles. The molecular weight excluding hydrogens is 272 g/mol. The number of ether oxygens (including phenoxy) is 1. The Kier molecular flexibility index (Phi) is 4.76. The number of likely N-dealkylation sites (tertiary alicyclic amines) is 1. The number of piperidine rings is 1. The second-order valence-electron chi connectivity index (χ2n) is 5.95. The molecule has 0 radical (unpaired) electrons. The summed E-state index contributed by atoms with van der Waals surface area (Å²) in [6, 6.07) is 21.0. The van der Waals surface area contributed by atoms with Gasteiger partial charge in [-0.3, -0.25) is 4.90 Å². The van der Waals surface area contributed by atoms with Crippen molar-refractivity contribution >= 4 is 5.69 Å². The van der Waals surface area contributed by atoms with Gasteiger partial charge >= 0.3 is 0 Å². The molecule has 1 saturated heterocycles. The molecule has 0 bridgehead atoms. The molecule has 1 heterocycles. The Balaban J connectivity index is 1.59. The van der Waals surface area contributed by atoms with E-state index in [2.05, 4.69) is 64.8 Å². The van der Waals surface area contributed by atoms with Gasteiger partial charge in [-0.05, 0) is 17.7 Å². The highest BCUT2D eigenvalue weighted by molar-refractivity contribution is 5.44. The zero-order valence-corrected chi connectivity index (χ0v) is 13.2. The minimum absolute atomic E-state index is 0.242. The van der Waals surface area contributed by atoms with E-state index in [1.807, 2.05) is 13.2 Å². The second kappa shape index (κ2) is 6.95. The molecule has 0 amide bonds. The minimum Gasteiger partial charge on any atom is -0.359 e. The fourth-order valence-electron chi connectivity index (χ4n) is 3.08. The van der Waals surface area contributed by atoms with Crippen molar-refractivity contribution in [1.82, 2.24) is 4.90 Å². The van der Waals surface area contributed by atoms with Crippen LogP contribution in [0.3, 0.4) is 0 Å². The van der Waals surface area contributed by atoms with Gasteiger partial charge in [0.15, 0.2) is 0 Å². The highest BCUT2D eigenvalue weighted by Crippen LogP contribution is 2.28. The van der Waals surface area contributed by atoms with Crippen molar-refractivity contribution in [3.05, 3.63) is 66.2 Å². The predicted octanol–water partition coefficient (Wildman–Crippen LogP) is 3.74. The van der Waals surface area contributed by atoms with Gasteiger partial charge in [0.05, 0.1) is 0 Å². The summed E-state index contributed by atoms with van der Waals surface area (Å²) in [6.45, 7) is 3.11. The van der Waals surface area contributed by atoms with Crippen LogP contribution in [0.15, 0.2) is 60.7 Å². The lowest BCUT2D eigenvalue weighted by Gasteiger charge is -2.42. The van der Waals surface area contributed by atoms with Crippen LogP contribution in [0.1, 0.15) is 18.4 Å². The summed E-state index contributed by atoms with van der Waals surface area (Å²) in [7, 11) is 1.81. The number of hydrogen-bond acceptors (Lipinski definition) is 3. The molecule has 0 atom stereocenters. The third-order valence-electron chi connectivity index (χ3n) is 4.45. The zero-order chi connectivity index (χ0) is 15.3. The third kappa shape index (κ3) is 3.67. The van der Waals surface area contributed by atoms with Crippen LogP contribution in [0.2, 0.25) is 0 Å². The van der Waals surface area contributed by atoms with Gasteiger partial charge in [0.1, 0.15) is 5.72 Å². The van der Waals surface area contributed by atoms with Gasteiger partial charge in [0.2, 0.25) is 0 Å². The maximum Gasteiger partial charge on any atom is 0.140 e. The molecule has 0 spiro atoms. The molecular formula is C19H24N2O. The zero-order valence-electron chi connectivity index (χ0n) is 13.2. The molecule has 1 fully saturated rings. The Hall–Kier alpha value is -1.84. The van der Waals surface area contributed by atoms with E-state index < -0.39 is 0 Å². The topological polar surface area (TPSA) is 24.5 Å². The van der Waals surface area contributed by atoms with Crippen molar-refractivity contribution in [2.24, 2.45) is 0 Å². The third-order valence-corrected chi connectivity index (χ3v) is 4.45. The summed E-state index contributed by atoms with van der Waals surface area (Å²) < 4.78 is 5.84. The summed E-state index contributed by atoms with van der Waals surface area (Å²) in [5.41, 5.74) is 2.26. The number of para-hydroxylation sites is 1. The lowest BCUT2D eigenvalue weighted by Crippen LogP contribution is -2.50. The highest BCUT2D eigenvalue weighted by Gasteiger charge is 2.34. The second-order valence-corrected chi connectivity index (χ2v) is 5.95. The first-order valence-corrected chi connectivity index (χ1v) is 7.94. The molecule has 0 aromatic heterocycles. The first-order chi connectivity index (χ1) is 10.8. The van der Waals surface area contributed by atoms with Crippen LogP contribution in [0, 0.1) is 0 Å². The first-order valence-electron chi connectivity index (χ1n) is 7.94. The number of hydrogen-bond donors (Lipinski definition) is 1. The summed E-state index contributed by atoms with van der Waals surface area (Å²) in [5, 5.41) is 3.58. The van der Waals surface area contributed by atoms with Crippen LogP contribution in [-0.2, 0) is 11.3 Å². The van der Waals surface area contributed by atoms with E-state index in [0.717, 1.165) is 38.2 Å². The van der Waals surface area contributed by atoms with Crippen molar-refractivity contribution in [2.45, 2.75) is 25.1 Å². The summed E-state index contributed by atoms with van der Waals surface area (Å²) >= 11 is 0. The molecule has 1 aliphatic heterocycles. The molecule has 1 aliphatic rings. The van der Waals surface area contributed by atoms with E-state index in [1.54, 1.807) is 0 Å². The molecule has 0 aliphatic carbocycles. The molecule has 2 aromatic rings. The summed E-state index contributed by atoms with van der Waals surface area (Å²) in [6.07, 6.45) is 1.98. The van der Waals surface area contributed by atoms with Crippen molar-refractivity contribution in [2.75, 3.05) is 25.5 Å². The van der Waals surface area contributed by atoms with Crippen LogP contribution < -0.4 is 5.32 Å². The summed E-state index contributed by atoms with van der Waals surface area (Å²) in [4.78, 5) is 2.50. The van der Waals surface area contributed by atoms with E-state index in [-0.39, 0.29) is 5.72 Å². The molecule has 22 heavy (non-hydrogen) atoms. The quantitative estimate of drug-likeness (QED) is 0.851. The fraction of sp³-hybridized carbons (Fsp3) is 0.368. The molecule has 2 aromatic carbocycles. The molecule has 3 rings (SSSR count). The van der Waals surface area contributed by atoms with Gasteiger partial charge in [-0.25, -0.2) is 0 Å². The van der Waals surface area contributed by atoms with Crippen LogP contribution in [0.5, 0.6) is 0 Å². The molecule has 3 nitrogen and oxygen atoms in total. The smallest absolute Gasteiger partial charge is 0.140 e. The number of anilines is 1. The average molecular weight is 296 g/mol. The summed E-state index contributed by atoms with van der Waals surface area (Å²) in [5.74, 6) is 0. The Morgan fingerprint density at radius 1 is 0.955 bits per heavy atom. The lowest BCUT2D eigenvalue weighted by molar-refractivity contribution is -0.0366. The number of rotatable bonds is 5. The van der Waals surface area contributed by atoms with Crippen LogP contribution in [0.25, 0.3) is 0 Å². The van der Waals surface area contributed by atoms with Gasteiger partial charge in [-0.1, -0.05) is 48.5 Å². The van der Waals surface area contributed by atoms with Crippen LogP contribution in [-0.4, -0.2) is 30.8 Å². The van der Waals surface area contributed by atoms with Gasteiger partial charge in [-0.2, -0.15) is 0 Å². The largest absolute Gasteiger partial charge is 0.359 e. The molecule has 0 unspecified atom stereocenters. The molecule has 1 N–H and O–H groups in total. The Bertz CT molecular complexity index is 563. The Morgan fingerprint density at radius 2 is 1.55 bits per heavy atom. The van der Waals surface area contributed by atoms with E-state index in [4.69, 9.17) is 4.74 Å². The van der Waals surface area contributed by atoms with Gasteiger partial charge in [0.25, 0.3) is 0 Å². The minimum atomic E-state index is -0.242. The van der Waals surface area contributed by atoms with Gasteiger partial charge in [-0.15, -0.1) is 0 Å². The number of methoxy groups -OCH3 is 1.